The van der Waals surface area contributed by atoms with Crippen molar-refractivity contribution in [3.05, 3.63) is 45.0 Å². The van der Waals surface area contributed by atoms with E-state index in [0.29, 0.717) is 5.13 Å². The minimum atomic E-state index is -0.469. The van der Waals surface area contributed by atoms with Gasteiger partial charge in [-0.15, -0.1) is 10.2 Å². The molecule has 0 saturated heterocycles. The van der Waals surface area contributed by atoms with Crippen LogP contribution in [0.15, 0.2) is 24.3 Å². The Kier molecular flexibility index (Phi) is 4.20. The van der Waals surface area contributed by atoms with Gasteiger partial charge in [0.05, 0.1) is 4.92 Å². The number of amides is 1. The van der Waals surface area contributed by atoms with Gasteiger partial charge in [0.15, 0.2) is 0 Å². The molecule has 0 aliphatic heterocycles. The monoisotopic (exact) mass is 293 g/mol. The number of nitro benzene ring substituents is 1. The molecule has 0 radical (unpaired) electrons. The van der Waals surface area contributed by atoms with E-state index in [2.05, 4.69) is 20.8 Å². The summed E-state index contributed by atoms with van der Waals surface area (Å²) in [7, 11) is 1.69. The molecule has 1 aromatic heterocycles. The largest absolute Gasteiger partial charge is 0.363 e. The van der Waals surface area contributed by atoms with Gasteiger partial charge < -0.3 is 10.6 Å². The molecular formula is C11H11N5O3S. The van der Waals surface area contributed by atoms with Crippen LogP contribution in [0.1, 0.15) is 15.4 Å². The molecule has 2 rings (SSSR count). The third-order valence-corrected chi connectivity index (χ3v) is 3.37. The molecule has 0 bridgehead atoms. The Balaban J connectivity index is 1.94. The van der Waals surface area contributed by atoms with Crippen LogP contribution in [0, 0.1) is 10.1 Å². The molecule has 0 saturated carbocycles. The average molecular weight is 293 g/mol. The van der Waals surface area contributed by atoms with Crippen LogP contribution in [0.2, 0.25) is 0 Å². The zero-order valence-corrected chi connectivity index (χ0v) is 11.3. The van der Waals surface area contributed by atoms with Crippen molar-refractivity contribution >= 4 is 28.1 Å². The molecule has 20 heavy (non-hydrogen) atoms. The van der Waals surface area contributed by atoms with Gasteiger partial charge in [0.1, 0.15) is 0 Å². The fourth-order valence-electron chi connectivity index (χ4n) is 1.41. The van der Waals surface area contributed by atoms with Gasteiger partial charge in [-0.25, -0.2) is 0 Å². The van der Waals surface area contributed by atoms with Crippen molar-refractivity contribution in [2.45, 2.75) is 6.54 Å². The fourth-order valence-corrected chi connectivity index (χ4v) is 2.02. The highest BCUT2D eigenvalue weighted by atomic mass is 32.1. The number of aromatic nitrogens is 2. The number of nitrogens with one attached hydrogen (secondary N) is 2. The summed E-state index contributed by atoms with van der Waals surface area (Å²) in [6, 6.07) is 5.98. The molecule has 0 atom stereocenters. The first-order valence-corrected chi connectivity index (χ1v) is 6.44. The zero-order valence-electron chi connectivity index (χ0n) is 10.5. The van der Waals surface area contributed by atoms with Crippen LogP contribution in [0.3, 0.4) is 0 Å². The molecule has 2 N–H and O–H groups in total. The maximum atomic E-state index is 11.8. The lowest BCUT2D eigenvalue weighted by atomic mass is 10.2. The van der Waals surface area contributed by atoms with E-state index in [1.165, 1.54) is 12.1 Å². The number of carbonyl (C=O) groups excluding carboxylic acids is 1. The molecule has 0 aliphatic rings. The summed E-state index contributed by atoms with van der Waals surface area (Å²) in [5.74, 6) is -0.331. The number of nitro groups is 1. The van der Waals surface area contributed by atoms with Crippen molar-refractivity contribution in [1.29, 1.82) is 0 Å². The van der Waals surface area contributed by atoms with Crippen molar-refractivity contribution in [3.63, 3.8) is 0 Å². The lowest BCUT2D eigenvalue weighted by Crippen LogP contribution is -2.22. The van der Waals surface area contributed by atoms with E-state index in [-0.39, 0.29) is 23.1 Å². The molecule has 8 nitrogen and oxygen atoms in total. The maximum Gasteiger partial charge on any atom is 0.282 e. The number of nitrogens with zero attached hydrogens (tertiary/aromatic N) is 3. The quantitative estimate of drug-likeness (QED) is 0.637. The van der Waals surface area contributed by atoms with Gasteiger partial charge >= 0.3 is 0 Å². The van der Waals surface area contributed by atoms with Gasteiger partial charge in [-0.2, -0.15) is 0 Å². The lowest BCUT2D eigenvalue weighted by molar-refractivity contribution is -0.384. The van der Waals surface area contributed by atoms with E-state index in [0.717, 1.165) is 16.9 Å². The smallest absolute Gasteiger partial charge is 0.282 e. The first kappa shape index (κ1) is 13.9. The fraction of sp³-hybridized carbons (Fsp3) is 0.182. The van der Waals surface area contributed by atoms with Crippen molar-refractivity contribution in [1.82, 2.24) is 15.5 Å². The first-order chi connectivity index (χ1) is 9.60. The zero-order chi connectivity index (χ0) is 14.5. The SMILES string of the molecule is CNc1nnc(C(=O)NCc2ccc([N+](=O)[O-])cc2)s1. The number of hydrogen-bond donors (Lipinski definition) is 2. The van der Waals surface area contributed by atoms with Crippen LogP contribution in [-0.4, -0.2) is 28.1 Å². The van der Waals surface area contributed by atoms with E-state index in [4.69, 9.17) is 0 Å². The van der Waals surface area contributed by atoms with Crippen LogP contribution in [0.25, 0.3) is 0 Å². The van der Waals surface area contributed by atoms with Gasteiger partial charge in [-0.1, -0.05) is 23.5 Å². The summed E-state index contributed by atoms with van der Waals surface area (Å²) in [4.78, 5) is 21.8. The molecule has 0 fully saturated rings. The van der Waals surface area contributed by atoms with Crippen molar-refractivity contribution in [3.8, 4) is 0 Å². The van der Waals surface area contributed by atoms with E-state index in [1.807, 2.05) is 0 Å². The third kappa shape index (κ3) is 3.26. The highest BCUT2D eigenvalue weighted by Crippen LogP contribution is 2.15. The molecule has 1 aromatic carbocycles. The van der Waals surface area contributed by atoms with Crippen LogP contribution >= 0.6 is 11.3 Å². The number of carbonyl (C=O) groups is 1. The van der Waals surface area contributed by atoms with E-state index < -0.39 is 4.92 Å². The molecule has 104 valence electrons. The lowest BCUT2D eigenvalue weighted by Gasteiger charge is -2.02. The van der Waals surface area contributed by atoms with Crippen LogP contribution < -0.4 is 10.6 Å². The van der Waals surface area contributed by atoms with Crippen molar-refractivity contribution < 1.29 is 9.72 Å². The summed E-state index contributed by atoms with van der Waals surface area (Å²) < 4.78 is 0. The number of hydrogen-bond acceptors (Lipinski definition) is 7. The Hall–Kier alpha value is -2.55. The topological polar surface area (TPSA) is 110 Å². The second-order valence-electron chi connectivity index (χ2n) is 3.77. The van der Waals surface area contributed by atoms with E-state index >= 15 is 0 Å². The predicted octanol–water partition coefficient (Wildman–Crippen LogP) is 1.42. The Morgan fingerprint density at radius 1 is 1.35 bits per heavy atom. The summed E-state index contributed by atoms with van der Waals surface area (Å²) in [6.45, 7) is 0.269. The number of non-ortho nitro benzene ring substituents is 1. The molecule has 0 aliphatic carbocycles. The second kappa shape index (κ2) is 6.06. The summed E-state index contributed by atoms with van der Waals surface area (Å²) in [6.07, 6.45) is 0. The minimum Gasteiger partial charge on any atom is -0.363 e. The van der Waals surface area contributed by atoms with Crippen LogP contribution in [-0.2, 0) is 6.54 Å². The molecule has 1 heterocycles. The maximum absolute atomic E-state index is 11.8. The highest BCUT2D eigenvalue weighted by molar-refractivity contribution is 7.17. The summed E-state index contributed by atoms with van der Waals surface area (Å²) in [5.41, 5.74) is 0.783. The van der Waals surface area contributed by atoms with Gasteiger partial charge in [0.2, 0.25) is 10.1 Å². The van der Waals surface area contributed by atoms with Crippen molar-refractivity contribution in [2.75, 3.05) is 12.4 Å². The van der Waals surface area contributed by atoms with Crippen LogP contribution in [0.4, 0.5) is 10.8 Å². The van der Waals surface area contributed by atoms with Crippen LogP contribution in [0.5, 0.6) is 0 Å². The number of benzene rings is 1. The normalized spacial score (nSPS) is 10.1. The predicted molar refractivity (Wildman–Crippen MR) is 73.7 cm³/mol. The van der Waals surface area contributed by atoms with E-state index in [9.17, 15) is 14.9 Å². The molecule has 0 spiro atoms. The van der Waals surface area contributed by atoms with Gasteiger partial charge in [-0.05, 0) is 5.56 Å². The molecular weight excluding hydrogens is 282 g/mol. The average Bonchev–Trinajstić information content (AvgIpc) is 2.94. The summed E-state index contributed by atoms with van der Waals surface area (Å²) in [5, 5.41) is 24.3. The molecule has 2 aromatic rings. The van der Waals surface area contributed by atoms with Gasteiger partial charge in [0.25, 0.3) is 11.6 Å². The summed E-state index contributed by atoms with van der Waals surface area (Å²) >= 11 is 1.15. The van der Waals surface area contributed by atoms with E-state index in [1.54, 1.807) is 19.2 Å². The Labute approximate surface area is 118 Å². The molecule has 9 heteroatoms. The Morgan fingerprint density at radius 3 is 2.60 bits per heavy atom. The van der Waals surface area contributed by atoms with Gasteiger partial charge in [-0.3, -0.25) is 14.9 Å². The highest BCUT2D eigenvalue weighted by Gasteiger charge is 2.12. The number of anilines is 1. The standard InChI is InChI=1S/C11H11N5O3S/c1-12-11-15-14-10(20-11)9(17)13-6-7-2-4-8(5-3-7)16(18)19/h2-5H,6H2,1H3,(H,12,15)(H,13,17). The first-order valence-electron chi connectivity index (χ1n) is 5.63. The minimum absolute atomic E-state index is 0.0165. The van der Waals surface area contributed by atoms with Gasteiger partial charge in [0, 0.05) is 25.7 Å². The van der Waals surface area contributed by atoms with Crippen molar-refractivity contribution in [2.24, 2.45) is 0 Å². The molecule has 0 unspecified atom stereocenters. The molecule has 1 amide bonds. The number of rotatable bonds is 5. The third-order valence-electron chi connectivity index (χ3n) is 2.43. The Morgan fingerprint density at radius 2 is 2.05 bits per heavy atom. The second-order valence-corrected chi connectivity index (χ2v) is 4.75. The Bertz CT molecular complexity index is 625.